The molecule has 0 aliphatic carbocycles. The van der Waals surface area contributed by atoms with Gasteiger partial charge in [-0.05, 0) is 36.6 Å². The van der Waals surface area contributed by atoms with Gasteiger partial charge in [-0.2, -0.15) is 0 Å². The second-order valence-electron chi connectivity index (χ2n) is 7.60. The van der Waals surface area contributed by atoms with Crippen molar-refractivity contribution < 1.29 is 9.53 Å². The third kappa shape index (κ3) is 2.91. The predicted octanol–water partition coefficient (Wildman–Crippen LogP) is 2.04. The average molecular weight is 391 g/mol. The quantitative estimate of drug-likeness (QED) is 0.687. The third-order valence-corrected chi connectivity index (χ3v) is 5.85. The molecule has 2 aliphatic rings. The minimum Gasteiger partial charge on any atom is -0.465 e. The zero-order valence-electron chi connectivity index (χ0n) is 16.0. The van der Waals surface area contributed by atoms with Crippen molar-refractivity contribution in [2.75, 3.05) is 25.1 Å². The Labute approximate surface area is 167 Å². The summed E-state index contributed by atoms with van der Waals surface area (Å²) in [5.41, 5.74) is 2.09. The number of H-pyrrole nitrogens is 1. The van der Waals surface area contributed by atoms with Crippen LogP contribution < -0.4 is 10.5 Å². The number of aromatic nitrogens is 4. The maximum absolute atomic E-state index is 13.1. The number of methoxy groups -OCH3 is 1. The average Bonchev–Trinajstić information content (AvgIpc) is 3.28. The number of imidazole rings is 1. The highest BCUT2D eigenvalue weighted by molar-refractivity contribution is 5.94. The highest BCUT2D eigenvalue weighted by Gasteiger charge is 2.36. The van der Waals surface area contributed by atoms with Gasteiger partial charge in [0.05, 0.1) is 12.7 Å². The Morgan fingerprint density at radius 2 is 2.07 bits per heavy atom. The van der Waals surface area contributed by atoms with E-state index in [1.54, 1.807) is 30.7 Å². The van der Waals surface area contributed by atoms with Gasteiger partial charge in [0.15, 0.2) is 0 Å². The number of carbonyl (C=O) groups excluding carboxylic acids is 1. The normalized spacial score (nSPS) is 20.2. The highest BCUT2D eigenvalue weighted by atomic mass is 16.5. The van der Waals surface area contributed by atoms with E-state index in [0.717, 1.165) is 18.7 Å². The first-order chi connectivity index (χ1) is 14.2. The van der Waals surface area contributed by atoms with Crippen molar-refractivity contribution in [3.05, 3.63) is 64.5 Å². The summed E-state index contributed by atoms with van der Waals surface area (Å²) >= 11 is 0. The molecule has 3 aromatic rings. The van der Waals surface area contributed by atoms with Crippen molar-refractivity contribution in [2.45, 2.75) is 18.9 Å². The summed E-state index contributed by atoms with van der Waals surface area (Å²) in [4.78, 5) is 39.1. The highest BCUT2D eigenvalue weighted by Crippen LogP contribution is 2.37. The number of pyridine rings is 2. The number of rotatable bonds is 3. The van der Waals surface area contributed by atoms with Gasteiger partial charge < -0.3 is 19.2 Å². The largest absolute Gasteiger partial charge is 0.465 e. The number of anilines is 1. The zero-order valence-corrected chi connectivity index (χ0v) is 16.0. The predicted molar refractivity (Wildman–Crippen MR) is 107 cm³/mol. The maximum atomic E-state index is 13.1. The summed E-state index contributed by atoms with van der Waals surface area (Å²) in [5, 5.41) is 0. The fraction of sp³-hybridized carbons (Fsp3) is 0.333. The number of nitrogens with zero attached hydrogens (tertiary/aromatic N) is 4. The molecule has 8 heteroatoms. The minimum atomic E-state index is -0.386. The number of fused-ring (bicyclic) bond motifs is 4. The van der Waals surface area contributed by atoms with Gasteiger partial charge in [0, 0.05) is 49.8 Å². The Hall–Kier alpha value is -3.42. The Bertz CT molecular complexity index is 1120. The molecule has 0 aromatic carbocycles. The van der Waals surface area contributed by atoms with Crippen molar-refractivity contribution in [1.82, 2.24) is 19.5 Å². The van der Waals surface area contributed by atoms with Crippen LogP contribution in [0.4, 0.5) is 5.82 Å². The standard InChI is InChI=1S/C21H21N5O3/c1-29-21(28)16-3-2-6-24-19(16)25-10-13-9-14(12-25)17-5-4-15(18-22-7-8-23-18)20(27)26(17)11-13/h2-8,13-14H,9-12H2,1H3,(H,22,23)/t13-,14+/m0/s1. The molecule has 0 amide bonds. The van der Waals surface area contributed by atoms with Crippen molar-refractivity contribution in [1.29, 1.82) is 0 Å². The number of ether oxygens (including phenoxy) is 1. The summed E-state index contributed by atoms with van der Waals surface area (Å²) in [6.45, 7) is 2.10. The van der Waals surface area contributed by atoms with Gasteiger partial charge in [0.2, 0.25) is 0 Å². The molecule has 2 atom stereocenters. The van der Waals surface area contributed by atoms with Crippen LogP contribution in [0.2, 0.25) is 0 Å². The number of nitrogens with one attached hydrogen (secondary N) is 1. The topological polar surface area (TPSA) is 93.1 Å². The molecule has 8 nitrogen and oxygen atoms in total. The van der Waals surface area contributed by atoms with Crippen LogP contribution in [0.25, 0.3) is 11.4 Å². The van der Waals surface area contributed by atoms with E-state index in [1.807, 2.05) is 16.7 Å². The van der Waals surface area contributed by atoms with E-state index in [4.69, 9.17) is 4.74 Å². The molecular weight excluding hydrogens is 370 g/mol. The molecule has 1 saturated heterocycles. The summed E-state index contributed by atoms with van der Waals surface area (Å²) in [6.07, 6.45) is 6.09. The number of hydrogen-bond donors (Lipinski definition) is 1. The zero-order chi connectivity index (χ0) is 20.0. The van der Waals surface area contributed by atoms with Crippen LogP contribution in [0.1, 0.15) is 28.4 Å². The van der Waals surface area contributed by atoms with Crippen LogP contribution in [0.3, 0.4) is 0 Å². The van der Waals surface area contributed by atoms with E-state index in [1.165, 1.54) is 7.11 Å². The van der Waals surface area contributed by atoms with Gasteiger partial charge in [-0.25, -0.2) is 14.8 Å². The van der Waals surface area contributed by atoms with E-state index < -0.39 is 0 Å². The Morgan fingerprint density at radius 1 is 1.17 bits per heavy atom. The fourth-order valence-corrected chi connectivity index (χ4v) is 4.63. The molecule has 29 heavy (non-hydrogen) atoms. The van der Waals surface area contributed by atoms with E-state index in [0.29, 0.717) is 41.8 Å². The summed E-state index contributed by atoms with van der Waals surface area (Å²) in [7, 11) is 1.38. The Kier molecular flexibility index (Phi) is 4.19. The molecule has 2 bridgehead atoms. The number of esters is 1. The molecule has 0 saturated carbocycles. The lowest BCUT2D eigenvalue weighted by Gasteiger charge is -2.43. The van der Waals surface area contributed by atoms with Crippen molar-refractivity contribution >= 4 is 11.8 Å². The lowest BCUT2D eigenvalue weighted by Crippen LogP contribution is -2.48. The first-order valence-corrected chi connectivity index (χ1v) is 9.67. The molecule has 5 rings (SSSR count). The molecule has 0 spiro atoms. The van der Waals surface area contributed by atoms with Gasteiger partial charge in [-0.1, -0.05) is 0 Å². The number of carbonyl (C=O) groups is 1. The van der Waals surface area contributed by atoms with Gasteiger partial charge in [0.1, 0.15) is 17.2 Å². The molecule has 1 N–H and O–H groups in total. The molecule has 148 valence electrons. The number of hydrogen-bond acceptors (Lipinski definition) is 6. The molecule has 5 heterocycles. The monoisotopic (exact) mass is 391 g/mol. The molecule has 3 aromatic heterocycles. The second-order valence-corrected chi connectivity index (χ2v) is 7.60. The van der Waals surface area contributed by atoms with Gasteiger partial charge in [-0.3, -0.25) is 4.79 Å². The van der Waals surface area contributed by atoms with Crippen LogP contribution in [-0.2, 0) is 11.3 Å². The van der Waals surface area contributed by atoms with Crippen molar-refractivity contribution in [2.24, 2.45) is 5.92 Å². The van der Waals surface area contributed by atoms with Crippen molar-refractivity contribution in [3.63, 3.8) is 0 Å². The summed E-state index contributed by atoms with van der Waals surface area (Å²) in [6, 6.07) is 7.37. The van der Waals surface area contributed by atoms with Gasteiger partial charge >= 0.3 is 5.97 Å². The van der Waals surface area contributed by atoms with E-state index in [-0.39, 0.29) is 17.4 Å². The SMILES string of the molecule is COC(=O)c1cccnc1N1C[C@@H]2C[C@H](C1)c1ccc(-c3ncc[nH]3)c(=O)n1C2. The Morgan fingerprint density at radius 3 is 2.86 bits per heavy atom. The van der Waals surface area contributed by atoms with E-state index in [2.05, 4.69) is 19.9 Å². The Balaban J connectivity index is 1.51. The fourth-order valence-electron chi connectivity index (χ4n) is 4.63. The number of aromatic amines is 1. The summed E-state index contributed by atoms with van der Waals surface area (Å²) in [5.74, 6) is 1.37. The smallest absolute Gasteiger partial charge is 0.341 e. The van der Waals surface area contributed by atoms with Crippen LogP contribution in [0.5, 0.6) is 0 Å². The lowest BCUT2D eigenvalue weighted by atomic mass is 9.82. The van der Waals surface area contributed by atoms with E-state index >= 15 is 0 Å². The van der Waals surface area contributed by atoms with Crippen LogP contribution in [0.15, 0.2) is 47.7 Å². The first kappa shape index (κ1) is 17.7. The molecule has 2 aliphatic heterocycles. The molecule has 0 radical (unpaired) electrons. The van der Waals surface area contributed by atoms with Gasteiger partial charge in [-0.15, -0.1) is 0 Å². The van der Waals surface area contributed by atoms with Crippen molar-refractivity contribution in [3.8, 4) is 11.4 Å². The van der Waals surface area contributed by atoms with Crippen LogP contribution >= 0.6 is 0 Å². The van der Waals surface area contributed by atoms with Crippen LogP contribution in [-0.4, -0.2) is 45.7 Å². The molecular formula is C21H21N5O3. The third-order valence-electron chi connectivity index (χ3n) is 5.85. The molecule has 1 fully saturated rings. The number of piperidine rings is 1. The van der Waals surface area contributed by atoms with E-state index in [9.17, 15) is 9.59 Å². The van der Waals surface area contributed by atoms with Gasteiger partial charge in [0.25, 0.3) is 5.56 Å². The lowest BCUT2D eigenvalue weighted by molar-refractivity contribution is 0.0600. The summed E-state index contributed by atoms with van der Waals surface area (Å²) < 4.78 is 6.82. The maximum Gasteiger partial charge on any atom is 0.341 e. The molecule has 0 unspecified atom stereocenters. The second kappa shape index (κ2) is 6.88. The first-order valence-electron chi connectivity index (χ1n) is 9.67. The van der Waals surface area contributed by atoms with Crippen LogP contribution in [0, 0.1) is 5.92 Å². The minimum absolute atomic E-state index is 0.00585.